The van der Waals surface area contributed by atoms with Crippen LogP contribution in [0.5, 0.6) is 0 Å². The minimum atomic E-state index is -0.484. The monoisotopic (exact) mass is 309 g/mol. The van der Waals surface area contributed by atoms with E-state index in [4.69, 9.17) is 16.7 Å². The van der Waals surface area contributed by atoms with Crippen LogP contribution in [-0.4, -0.2) is 21.0 Å². The van der Waals surface area contributed by atoms with Gasteiger partial charge in [0.05, 0.1) is 17.8 Å². The first-order valence-electron chi connectivity index (χ1n) is 6.16. The Morgan fingerprint density at radius 1 is 1.48 bits per heavy atom. The van der Waals surface area contributed by atoms with Gasteiger partial charge in [-0.1, -0.05) is 17.7 Å². The van der Waals surface area contributed by atoms with E-state index in [0.29, 0.717) is 11.4 Å². The van der Waals surface area contributed by atoms with Crippen LogP contribution in [0.2, 0.25) is 5.02 Å². The number of hydrogen-bond donors (Lipinski definition) is 2. The van der Waals surface area contributed by atoms with E-state index in [2.05, 4.69) is 15.3 Å². The first kappa shape index (κ1) is 15.3. The Bertz CT molecular complexity index is 679. The fourth-order valence-electron chi connectivity index (χ4n) is 1.74. The third kappa shape index (κ3) is 3.74. The van der Waals surface area contributed by atoms with Crippen LogP contribution >= 0.6 is 11.6 Å². The van der Waals surface area contributed by atoms with Gasteiger partial charge in [-0.3, -0.25) is 4.79 Å². The molecule has 2 N–H and O–H groups in total. The SMILES string of the molecule is Cc1ncc(Cl)c(C(=O)NCc2ccc(F)c(CO)c2)n1. The predicted molar refractivity (Wildman–Crippen MR) is 75.3 cm³/mol. The minimum Gasteiger partial charge on any atom is -0.392 e. The summed E-state index contributed by atoms with van der Waals surface area (Å²) in [5, 5.41) is 11.8. The molecule has 1 aromatic heterocycles. The Labute approximate surface area is 125 Å². The molecule has 0 saturated carbocycles. The molecule has 0 radical (unpaired) electrons. The van der Waals surface area contributed by atoms with Gasteiger partial charge in [0.2, 0.25) is 0 Å². The van der Waals surface area contributed by atoms with Crippen molar-refractivity contribution in [1.29, 1.82) is 0 Å². The molecule has 0 saturated heterocycles. The summed E-state index contributed by atoms with van der Waals surface area (Å²) in [6, 6.07) is 4.26. The van der Waals surface area contributed by atoms with E-state index >= 15 is 0 Å². The molecule has 0 unspecified atom stereocenters. The second kappa shape index (κ2) is 6.60. The Kier molecular flexibility index (Phi) is 4.82. The lowest BCUT2D eigenvalue weighted by Crippen LogP contribution is -2.24. The number of halogens is 2. The van der Waals surface area contributed by atoms with E-state index in [1.165, 1.54) is 24.4 Å². The molecule has 0 fully saturated rings. The number of amides is 1. The van der Waals surface area contributed by atoms with Gasteiger partial charge in [0.15, 0.2) is 0 Å². The van der Waals surface area contributed by atoms with Gasteiger partial charge in [-0.15, -0.1) is 0 Å². The number of nitrogens with zero attached hydrogens (tertiary/aromatic N) is 2. The highest BCUT2D eigenvalue weighted by Crippen LogP contribution is 2.13. The number of aliphatic hydroxyl groups is 1. The Morgan fingerprint density at radius 3 is 2.95 bits per heavy atom. The number of hydrogen-bond acceptors (Lipinski definition) is 4. The van der Waals surface area contributed by atoms with E-state index in [1.54, 1.807) is 6.92 Å². The van der Waals surface area contributed by atoms with Gasteiger partial charge >= 0.3 is 0 Å². The maximum absolute atomic E-state index is 13.2. The number of aromatic nitrogens is 2. The first-order chi connectivity index (χ1) is 10.0. The van der Waals surface area contributed by atoms with Gasteiger partial charge in [0.25, 0.3) is 5.91 Å². The molecule has 110 valence electrons. The van der Waals surface area contributed by atoms with Crippen molar-refractivity contribution in [3.8, 4) is 0 Å². The molecule has 0 aliphatic heterocycles. The smallest absolute Gasteiger partial charge is 0.271 e. The van der Waals surface area contributed by atoms with Crippen LogP contribution in [0.1, 0.15) is 27.4 Å². The van der Waals surface area contributed by atoms with Crippen molar-refractivity contribution >= 4 is 17.5 Å². The fraction of sp³-hybridized carbons (Fsp3) is 0.214. The highest BCUT2D eigenvalue weighted by Gasteiger charge is 2.13. The van der Waals surface area contributed by atoms with Crippen molar-refractivity contribution in [2.45, 2.75) is 20.1 Å². The summed E-state index contributed by atoms with van der Waals surface area (Å²) in [5.74, 6) is -0.490. The summed E-state index contributed by atoms with van der Waals surface area (Å²) < 4.78 is 13.2. The molecule has 0 spiro atoms. The Balaban J connectivity index is 2.09. The predicted octanol–water partition coefficient (Wildman–Crippen LogP) is 2.00. The zero-order valence-corrected chi connectivity index (χ0v) is 12.0. The van der Waals surface area contributed by atoms with Crippen LogP contribution in [0, 0.1) is 12.7 Å². The summed E-state index contributed by atoms with van der Waals surface area (Å²) in [6.45, 7) is 1.43. The van der Waals surface area contributed by atoms with Crippen molar-refractivity contribution in [2.75, 3.05) is 0 Å². The van der Waals surface area contributed by atoms with Crippen molar-refractivity contribution in [2.24, 2.45) is 0 Å². The van der Waals surface area contributed by atoms with Gasteiger partial charge in [-0.2, -0.15) is 0 Å². The number of aryl methyl sites for hydroxylation is 1. The number of nitrogens with one attached hydrogen (secondary N) is 1. The first-order valence-corrected chi connectivity index (χ1v) is 6.54. The number of aliphatic hydroxyl groups excluding tert-OH is 1. The van der Waals surface area contributed by atoms with Gasteiger partial charge < -0.3 is 10.4 Å². The van der Waals surface area contributed by atoms with Crippen LogP contribution in [0.3, 0.4) is 0 Å². The standard InChI is InChI=1S/C14H13ClFN3O2/c1-8-17-6-11(15)13(19-8)14(21)18-5-9-2-3-12(16)10(4-9)7-20/h2-4,6,20H,5,7H2,1H3,(H,18,21). The van der Waals surface area contributed by atoms with E-state index in [0.717, 1.165) is 0 Å². The van der Waals surface area contributed by atoms with Crippen LogP contribution in [0.15, 0.2) is 24.4 Å². The number of benzene rings is 1. The highest BCUT2D eigenvalue weighted by molar-refractivity contribution is 6.33. The molecule has 5 nitrogen and oxygen atoms in total. The molecule has 21 heavy (non-hydrogen) atoms. The molecule has 1 amide bonds. The van der Waals surface area contributed by atoms with E-state index < -0.39 is 18.3 Å². The molecule has 0 bridgehead atoms. The lowest BCUT2D eigenvalue weighted by molar-refractivity contribution is 0.0945. The molecule has 2 aromatic rings. The zero-order chi connectivity index (χ0) is 15.4. The third-order valence-electron chi connectivity index (χ3n) is 2.81. The number of carbonyl (C=O) groups is 1. The molecular formula is C14H13ClFN3O2. The van der Waals surface area contributed by atoms with Crippen LogP contribution in [0.25, 0.3) is 0 Å². The molecule has 0 atom stereocenters. The van der Waals surface area contributed by atoms with Gasteiger partial charge in [0, 0.05) is 12.1 Å². The summed E-state index contributed by atoms with van der Waals surface area (Å²) >= 11 is 5.87. The topological polar surface area (TPSA) is 75.1 Å². The largest absolute Gasteiger partial charge is 0.392 e. The van der Waals surface area contributed by atoms with Crippen LogP contribution in [0.4, 0.5) is 4.39 Å². The average Bonchev–Trinajstić information content (AvgIpc) is 2.48. The second-order valence-corrected chi connectivity index (χ2v) is 4.79. The van der Waals surface area contributed by atoms with E-state index in [1.807, 2.05) is 0 Å². The quantitative estimate of drug-likeness (QED) is 0.906. The van der Waals surface area contributed by atoms with Crippen LogP contribution in [-0.2, 0) is 13.2 Å². The molecule has 1 aromatic carbocycles. The van der Waals surface area contributed by atoms with Crippen molar-refractivity contribution in [3.63, 3.8) is 0 Å². The maximum atomic E-state index is 13.2. The summed E-state index contributed by atoms with van der Waals surface area (Å²) in [5.41, 5.74) is 0.932. The fourth-order valence-corrected chi connectivity index (χ4v) is 1.92. The Morgan fingerprint density at radius 2 is 2.24 bits per heavy atom. The summed E-state index contributed by atoms with van der Waals surface area (Å²) in [6.07, 6.45) is 1.36. The minimum absolute atomic E-state index is 0.0914. The molecule has 0 aliphatic carbocycles. The van der Waals surface area contributed by atoms with Crippen molar-refractivity contribution in [3.05, 3.63) is 57.9 Å². The summed E-state index contributed by atoms with van der Waals surface area (Å²) in [7, 11) is 0. The molecule has 2 rings (SSSR count). The number of rotatable bonds is 4. The van der Waals surface area contributed by atoms with Gasteiger partial charge in [-0.25, -0.2) is 14.4 Å². The normalized spacial score (nSPS) is 10.5. The molecule has 0 aliphatic rings. The highest BCUT2D eigenvalue weighted by atomic mass is 35.5. The molecule has 1 heterocycles. The van der Waals surface area contributed by atoms with E-state index in [9.17, 15) is 9.18 Å². The lowest BCUT2D eigenvalue weighted by Gasteiger charge is -2.08. The zero-order valence-electron chi connectivity index (χ0n) is 11.2. The third-order valence-corrected chi connectivity index (χ3v) is 3.09. The van der Waals surface area contributed by atoms with Crippen molar-refractivity contribution < 1.29 is 14.3 Å². The van der Waals surface area contributed by atoms with Gasteiger partial charge in [-0.05, 0) is 24.6 Å². The number of carbonyl (C=O) groups excluding carboxylic acids is 1. The van der Waals surface area contributed by atoms with Gasteiger partial charge in [0.1, 0.15) is 17.3 Å². The summed E-state index contributed by atoms with van der Waals surface area (Å²) in [4.78, 5) is 19.9. The average molecular weight is 310 g/mol. The molecule has 7 heteroatoms. The second-order valence-electron chi connectivity index (χ2n) is 4.38. The van der Waals surface area contributed by atoms with Crippen molar-refractivity contribution in [1.82, 2.24) is 15.3 Å². The van der Waals surface area contributed by atoms with E-state index in [-0.39, 0.29) is 22.8 Å². The lowest BCUT2D eigenvalue weighted by atomic mass is 10.1. The molecular weight excluding hydrogens is 297 g/mol. The van der Waals surface area contributed by atoms with Crippen LogP contribution < -0.4 is 5.32 Å². The Hall–Kier alpha value is -2.05. The maximum Gasteiger partial charge on any atom is 0.271 e.